The third-order valence-corrected chi connectivity index (χ3v) is 4.17. The van der Waals surface area contributed by atoms with Crippen molar-refractivity contribution in [3.05, 3.63) is 17.9 Å². The van der Waals surface area contributed by atoms with Crippen molar-refractivity contribution in [3.8, 4) is 0 Å². The fourth-order valence-corrected chi connectivity index (χ4v) is 2.89. The molecule has 1 atom stereocenters. The Bertz CT molecular complexity index is 543. The van der Waals surface area contributed by atoms with Gasteiger partial charge in [0.15, 0.2) is 0 Å². The van der Waals surface area contributed by atoms with Crippen molar-refractivity contribution in [1.29, 1.82) is 0 Å². The molecule has 0 radical (unpaired) electrons. The van der Waals surface area contributed by atoms with Crippen LogP contribution in [-0.4, -0.2) is 39.3 Å². The summed E-state index contributed by atoms with van der Waals surface area (Å²) in [6.45, 7) is 1.50. The second kappa shape index (κ2) is 5.72. The summed E-state index contributed by atoms with van der Waals surface area (Å²) < 4.78 is 36.2. The normalized spacial score (nSPS) is 20.3. The van der Waals surface area contributed by atoms with Gasteiger partial charge in [-0.05, 0) is 30.9 Å². The maximum absolute atomic E-state index is 11.9. The van der Waals surface area contributed by atoms with Crippen LogP contribution in [0.2, 0.25) is 0 Å². The van der Waals surface area contributed by atoms with Crippen molar-refractivity contribution in [3.63, 3.8) is 0 Å². The summed E-state index contributed by atoms with van der Waals surface area (Å²) in [5.74, 6) is -1.57. The number of carboxylic acid groups (broad SMARTS) is 1. The van der Waals surface area contributed by atoms with Gasteiger partial charge in [-0.3, -0.25) is 0 Å². The summed E-state index contributed by atoms with van der Waals surface area (Å²) in [4.78, 5) is 10.6. The Morgan fingerprint density at radius 1 is 1.47 bits per heavy atom. The molecule has 0 aliphatic carbocycles. The first kappa shape index (κ1) is 14.0. The number of furan rings is 1. The first-order valence-electron chi connectivity index (χ1n) is 5.89. The lowest BCUT2D eigenvalue weighted by atomic mass is 10.0. The number of carboxylic acids is 1. The molecule has 1 aliphatic rings. The molecule has 19 heavy (non-hydrogen) atoms. The maximum Gasteiger partial charge on any atom is 0.371 e. The van der Waals surface area contributed by atoms with Gasteiger partial charge in [0.1, 0.15) is 0 Å². The average Bonchev–Trinajstić information content (AvgIpc) is 2.88. The zero-order valence-corrected chi connectivity index (χ0v) is 11.0. The minimum absolute atomic E-state index is 0.137. The summed E-state index contributed by atoms with van der Waals surface area (Å²) in [7, 11) is -3.81. The Labute approximate surface area is 110 Å². The Kier molecular flexibility index (Phi) is 4.23. The molecule has 106 valence electrons. The molecule has 2 rings (SSSR count). The van der Waals surface area contributed by atoms with Crippen LogP contribution in [-0.2, 0) is 14.8 Å². The molecule has 1 unspecified atom stereocenters. The van der Waals surface area contributed by atoms with Crippen LogP contribution in [0.15, 0.2) is 21.6 Å². The lowest BCUT2D eigenvalue weighted by molar-refractivity contribution is 0.0567. The van der Waals surface area contributed by atoms with E-state index in [9.17, 15) is 13.2 Å². The lowest BCUT2D eigenvalue weighted by Crippen LogP contribution is -2.33. The molecule has 0 aromatic carbocycles. The van der Waals surface area contributed by atoms with Crippen molar-refractivity contribution in [2.45, 2.75) is 17.9 Å². The van der Waals surface area contributed by atoms with Crippen LogP contribution in [0.4, 0.5) is 0 Å². The van der Waals surface area contributed by atoms with E-state index < -0.39 is 21.8 Å². The molecule has 1 aliphatic heterocycles. The van der Waals surface area contributed by atoms with Gasteiger partial charge in [0.25, 0.3) is 10.0 Å². The fourth-order valence-electron chi connectivity index (χ4n) is 1.85. The van der Waals surface area contributed by atoms with Crippen LogP contribution >= 0.6 is 0 Å². The van der Waals surface area contributed by atoms with Gasteiger partial charge in [-0.2, -0.15) is 0 Å². The SMILES string of the molecule is O=C(O)c1ccc(S(=O)(=O)NCC2CCCOC2)o1. The minimum Gasteiger partial charge on any atom is -0.475 e. The number of sulfonamides is 1. The van der Waals surface area contributed by atoms with Gasteiger partial charge in [0.2, 0.25) is 10.9 Å². The predicted molar refractivity (Wildman–Crippen MR) is 64.4 cm³/mol. The molecule has 2 N–H and O–H groups in total. The van der Waals surface area contributed by atoms with Crippen LogP contribution in [0, 0.1) is 5.92 Å². The van der Waals surface area contributed by atoms with Crippen LogP contribution < -0.4 is 4.72 Å². The van der Waals surface area contributed by atoms with Crippen molar-refractivity contribution in [2.24, 2.45) is 5.92 Å². The standard InChI is InChI=1S/C11H15NO6S/c13-11(14)9-3-4-10(18-9)19(15,16)12-6-8-2-1-5-17-7-8/h3-4,8,12H,1-2,5-7H2,(H,13,14). The number of hydrogen-bond acceptors (Lipinski definition) is 5. The van der Waals surface area contributed by atoms with Crippen molar-refractivity contribution in [2.75, 3.05) is 19.8 Å². The van der Waals surface area contributed by atoms with E-state index in [0.29, 0.717) is 13.2 Å². The molecule has 0 saturated carbocycles. The highest BCUT2D eigenvalue weighted by Crippen LogP contribution is 2.16. The number of hydrogen-bond donors (Lipinski definition) is 2. The molecule has 0 bridgehead atoms. The van der Waals surface area contributed by atoms with Gasteiger partial charge in [-0.25, -0.2) is 17.9 Å². The molecule has 1 saturated heterocycles. The molecular formula is C11H15NO6S. The van der Waals surface area contributed by atoms with Crippen LogP contribution in [0.5, 0.6) is 0 Å². The average molecular weight is 289 g/mol. The topological polar surface area (TPSA) is 106 Å². The molecule has 7 nitrogen and oxygen atoms in total. The van der Waals surface area contributed by atoms with Crippen molar-refractivity contribution >= 4 is 16.0 Å². The molecule has 1 aromatic heterocycles. The second-order valence-corrected chi connectivity index (χ2v) is 6.06. The summed E-state index contributed by atoms with van der Waals surface area (Å²) in [6, 6.07) is 2.24. The predicted octanol–water partition coefficient (Wildman–Crippen LogP) is 0.683. The second-order valence-electron chi connectivity index (χ2n) is 4.36. The quantitative estimate of drug-likeness (QED) is 0.825. The zero-order valence-electron chi connectivity index (χ0n) is 10.2. The van der Waals surface area contributed by atoms with E-state index in [1.165, 1.54) is 0 Å². The van der Waals surface area contributed by atoms with E-state index in [1.54, 1.807) is 0 Å². The summed E-state index contributed by atoms with van der Waals surface area (Å²) >= 11 is 0. The maximum atomic E-state index is 11.9. The van der Waals surface area contributed by atoms with Gasteiger partial charge < -0.3 is 14.3 Å². The first-order chi connectivity index (χ1) is 8.99. The minimum atomic E-state index is -3.81. The summed E-state index contributed by atoms with van der Waals surface area (Å²) in [5, 5.41) is 8.28. The molecule has 0 spiro atoms. The first-order valence-corrected chi connectivity index (χ1v) is 7.38. The van der Waals surface area contributed by atoms with E-state index in [0.717, 1.165) is 25.0 Å². The number of ether oxygens (including phenoxy) is 1. The third kappa shape index (κ3) is 3.55. The Morgan fingerprint density at radius 2 is 2.26 bits per heavy atom. The number of carbonyl (C=O) groups is 1. The van der Waals surface area contributed by atoms with Gasteiger partial charge in [-0.1, -0.05) is 0 Å². The van der Waals surface area contributed by atoms with E-state index in [4.69, 9.17) is 14.3 Å². The van der Waals surface area contributed by atoms with E-state index >= 15 is 0 Å². The van der Waals surface area contributed by atoms with E-state index in [2.05, 4.69) is 4.72 Å². The largest absolute Gasteiger partial charge is 0.475 e. The van der Waals surface area contributed by atoms with Gasteiger partial charge >= 0.3 is 5.97 Å². The highest BCUT2D eigenvalue weighted by Gasteiger charge is 2.23. The van der Waals surface area contributed by atoms with Gasteiger partial charge in [0.05, 0.1) is 6.61 Å². The lowest BCUT2D eigenvalue weighted by Gasteiger charge is -2.21. The molecule has 0 amide bonds. The molecule has 2 heterocycles. The monoisotopic (exact) mass is 289 g/mol. The van der Waals surface area contributed by atoms with Crippen molar-refractivity contribution < 1.29 is 27.5 Å². The molecular weight excluding hydrogens is 274 g/mol. The van der Waals surface area contributed by atoms with Crippen LogP contribution in [0.25, 0.3) is 0 Å². The Balaban J connectivity index is 1.98. The van der Waals surface area contributed by atoms with Crippen molar-refractivity contribution in [1.82, 2.24) is 4.72 Å². The Morgan fingerprint density at radius 3 is 2.84 bits per heavy atom. The van der Waals surface area contributed by atoms with Crippen LogP contribution in [0.1, 0.15) is 23.4 Å². The van der Waals surface area contributed by atoms with Crippen LogP contribution in [0.3, 0.4) is 0 Å². The smallest absolute Gasteiger partial charge is 0.371 e. The zero-order chi connectivity index (χ0) is 13.9. The number of rotatable bonds is 5. The molecule has 8 heteroatoms. The number of aromatic carboxylic acids is 1. The van der Waals surface area contributed by atoms with E-state index in [-0.39, 0.29) is 17.6 Å². The highest BCUT2D eigenvalue weighted by molar-refractivity contribution is 7.89. The fraction of sp³-hybridized carbons (Fsp3) is 0.545. The molecule has 1 fully saturated rings. The summed E-state index contributed by atoms with van der Waals surface area (Å²) in [6.07, 6.45) is 1.82. The van der Waals surface area contributed by atoms with Gasteiger partial charge in [0, 0.05) is 13.2 Å². The van der Waals surface area contributed by atoms with E-state index in [1.807, 2.05) is 0 Å². The number of nitrogens with one attached hydrogen (secondary N) is 1. The summed E-state index contributed by atoms with van der Waals surface area (Å²) in [5.41, 5.74) is 0. The Hall–Kier alpha value is -1.38. The third-order valence-electron chi connectivity index (χ3n) is 2.87. The highest BCUT2D eigenvalue weighted by atomic mass is 32.2. The molecule has 1 aromatic rings. The van der Waals surface area contributed by atoms with Gasteiger partial charge in [-0.15, -0.1) is 0 Å².